The van der Waals surface area contributed by atoms with Crippen molar-refractivity contribution >= 4 is 5.91 Å². The van der Waals surface area contributed by atoms with Gasteiger partial charge in [-0.1, -0.05) is 18.2 Å². The molecular weight excluding hydrogens is 249 g/mol. The predicted octanol–water partition coefficient (Wildman–Crippen LogP) is 1.27. The van der Waals surface area contributed by atoms with Crippen molar-refractivity contribution in [3.8, 4) is 0 Å². The van der Waals surface area contributed by atoms with E-state index in [0.717, 1.165) is 0 Å². The Kier molecular flexibility index (Phi) is 5.92. The van der Waals surface area contributed by atoms with Crippen molar-refractivity contribution in [1.82, 2.24) is 5.32 Å². The lowest BCUT2D eigenvalue weighted by Crippen LogP contribution is -2.41. The van der Waals surface area contributed by atoms with E-state index in [9.17, 15) is 14.3 Å². The van der Waals surface area contributed by atoms with Crippen LogP contribution in [0.1, 0.15) is 18.9 Å². The van der Waals surface area contributed by atoms with Crippen LogP contribution in [-0.2, 0) is 16.0 Å². The minimum Gasteiger partial charge on any atom is -0.388 e. The van der Waals surface area contributed by atoms with Crippen molar-refractivity contribution < 1.29 is 19.0 Å². The zero-order valence-electron chi connectivity index (χ0n) is 11.3. The van der Waals surface area contributed by atoms with Gasteiger partial charge in [0.1, 0.15) is 5.82 Å². The molecule has 0 fully saturated rings. The maximum absolute atomic E-state index is 13.3. The number of hydrogen-bond donors (Lipinski definition) is 2. The van der Waals surface area contributed by atoms with Crippen molar-refractivity contribution in [2.75, 3.05) is 20.3 Å². The Morgan fingerprint density at radius 1 is 1.47 bits per heavy atom. The van der Waals surface area contributed by atoms with Gasteiger partial charge in [-0.25, -0.2) is 4.39 Å². The van der Waals surface area contributed by atoms with Gasteiger partial charge in [-0.05, 0) is 18.6 Å². The molecule has 0 aliphatic rings. The SMILES string of the molecule is COCCC(C)(O)CNC(=O)Cc1ccccc1F. The molecule has 0 aromatic heterocycles. The average Bonchev–Trinajstić information content (AvgIpc) is 2.37. The highest BCUT2D eigenvalue weighted by Crippen LogP contribution is 2.09. The molecule has 1 unspecified atom stereocenters. The van der Waals surface area contributed by atoms with Crippen LogP contribution in [0, 0.1) is 5.82 Å². The van der Waals surface area contributed by atoms with Gasteiger partial charge < -0.3 is 15.2 Å². The van der Waals surface area contributed by atoms with Crippen molar-refractivity contribution in [2.45, 2.75) is 25.4 Å². The van der Waals surface area contributed by atoms with Gasteiger partial charge >= 0.3 is 0 Å². The Hall–Kier alpha value is -1.46. The van der Waals surface area contributed by atoms with E-state index in [1.165, 1.54) is 6.07 Å². The lowest BCUT2D eigenvalue weighted by atomic mass is 10.0. The van der Waals surface area contributed by atoms with E-state index in [1.54, 1.807) is 32.2 Å². The molecular formula is C14H20FNO3. The summed E-state index contributed by atoms with van der Waals surface area (Å²) < 4.78 is 18.2. The third kappa shape index (κ3) is 5.81. The van der Waals surface area contributed by atoms with Crippen molar-refractivity contribution in [1.29, 1.82) is 0 Å². The molecule has 0 radical (unpaired) electrons. The molecule has 1 rings (SSSR count). The Balaban J connectivity index is 2.42. The van der Waals surface area contributed by atoms with E-state index in [2.05, 4.69) is 5.32 Å². The fourth-order valence-electron chi connectivity index (χ4n) is 1.58. The second kappa shape index (κ2) is 7.21. The van der Waals surface area contributed by atoms with E-state index in [4.69, 9.17) is 4.74 Å². The number of aliphatic hydroxyl groups is 1. The number of methoxy groups -OCH3 is 1. The van der Waals surface area contributed by atoms with Crippen LogP contribution in [0.25, 0.3) is 0 Å². The molecule has 1 atom stereocenters. The summed E-state index contributed by atoms with van der Waals surface area (Å²) in [7, 11) is 1.55. The molecule has 0 aliphatic carbocycles. The van der Waals surface area contributed by atoms with Gasteiger partial charge in [0.2, 0.25) is 5.91 Å². The van der Waals surface area contributed by atoms with Crippen LogP contribution in [-0.4, -0.2) is 36.9 Å². The summed E-state index contributed by atoms with van der Waals surface area (Å²) in [4.78, 5) is 11.7. The van der Waals surface area contributed by atoms with Gasteiger partial charge in [0.25, 0.3) is 0 Å². The van der Waals surface area contributed by atoms with Crippen LogP contribution in [0.3, 0.4) is 0 Å². The first-order valence-corrected chi connectivity index (χ1v) is 6.16. The van der Waals surface area contributed by atoms with Crippen LogP contribution in [0.15, 0.2) is 24.3 Å². The van der Waals surface area contributed by atoms with Crippen molar-refractivity contribution in [3.05, 3.63) is 35.6 Å². The number of rotatable bonds is 7. The molecule has 0 heterocycles. The number of carbonyl (C=O) groups excluding carboxylic acids is 1. The molecule has 0 spiro atoms. The van der Waals surface area contributed by atoms with E-state index in [1.807, 2.05) is 0 Å². The molecule has 4 nitrogen and oxygen atoms in total. The zero-order chi connectivity index (χ0) is 14.3. The topological polar surface area (TPSA) is 58.6 Å². The normalized spacial score (nSPS) is 13.9. The molecule has 2 N–H and O–H groups in total. The number of nitrogens with one attached hydrogen (secondary N) is 1. The lowest BCUT2D eigenvalue weighted by Gasteiger charge is -2.23. The molecule has 106 valence electrons. The Bertz CT molecular complexity index is 421. The molecule has 1 aromatic rings. The van der Waals surface area contributed by atoms with Crippen LogP contribution in [0.5, 0.6) is 0 Å². The van der Waals surface area contributed by atoms with Gasteiger partial charge in [0, 0.05) is 26.7 Å². The van der Waals surface area contributed by atoms with Gasteiger partial charge in [0.15, 0.2) is 0 Å². The van der Waals surface area contributed by atoms with Crippen molar-refractivity contribution in [3.63, 3.8) is 0 Å². The molecule has 0 saturated heterocycles. The lowest BCUT2D eigenvalue weighted by molar-refractivity contribution is -0.121. The number of halogens is 1. The fraction of sp³-hybridized carbons (Fsp3) is 0.500. The van der Waals surface area contributed by atoms with Crippen LogP contribution < -0.4 is 5.32 Å². The summed E-state index contributed by atoms with van der Waals surface area (Å²) in [5.74, 6) is -0.716. The van der Waals surface area contributed by atoms with Gasteiger partial charge in [0.05, 0.1) is 12.0 Å². The van der Waals surface area contributed by atoms with E-state index >= 15 is 0 Å². The zero-order valence-corrected chi connectivity index (χ0v) is 11.3. The Labute approximate surface area is 112 Å². The third-order valence-corrected chi connectivity index (χ3v) is 2.82. The Morgan fingerprint density at radius 2 is 2.16 bits per heavy atom. The molecule has 5 heteroatoms. The Morgan fingerprint density at radius 3 is 2.79 bits per heavy atom. The van der Waals surface area contributed by atoms with E-state index in [-0.39, 0.29) is 18.9 Å². The van der Waals surface area contributed by atoms with Gasteiger partial charge in [-0.2, -0.15) is 0 Å². The summed E-state index contributed by atoms with van der Waals surface area (Å²) in [5, 5.41) is 12.5. The van der Waals surface area contributed by atoms with Crippen LogP contribution in [0.4, 0.5) is 4.39 Å². The number of carbonyl (C=O) groups is 1. The van der Waals surface area contributed by atoms with Crippen LogP contribution >= 0.6 is 0 Å². The van der Waals surface area contributed by atoms with E-state index in [0.29, 0.717) is 18.6 Å². The average molecular weight is 269 g/mol. The number of benzene rings is 1. The largest absolute Gasteiger partial charge is 0.388 e. The monoisotopic (exact) mass is 269 g/mol. The highest BCUT2D eigenvalue weighted by atomic mass is 19.1. The first kappa shape index (κ1) is 15.6. The molecule has 1 aromatic carbocycles. The number of hydrogen-bond acceptors (Lipinski definition) is 3. The highest BCUT2D eigenvalue weighted by molar-refractivity contribution is 5.78. The summed E-state index contributed by atoms with van der Waals surface area (Å²) in [6.07, 6.45) is 0.385. The predicted molar refractivity (Wildman–Crippen MR) is 70.2 cm³/mol. The molecule has 0 bridgehead atoms. The highest BCUT2D eigenvalue weighted by Gasteiger charge is 2.21. The first-order chi connectivity index (χ1) is 8.94. The standard InChI is InChI=1S/C14H20FNO3/c1-14(18,7-8-19-2)10-16-13(17)9-11-5-3-4-6-12(11)15/h3-6,18H,7-10H2,1-2H3,(H,16,17). The molecule has 0 saturated carbocycles. The molecule has 19 heavy (non-hydrogen) atoms. The van der Waals surface area contributed by atoms with Gasteiger partial charge in [-0.3, -0.25) is 4.79 Å². The smallest absolute Gasteiger partial charge is 0.224 e. The maximum Gasteiger partial charge on any atom is 0.224 e. The minimum absolute atomic E-state index is 0.0347. The summed E-state index contributed by atoms with van der Waals surface area (Å²) in [6, 6.07) is 6.14. The first-order valence-electron chi connectivity index (χ1n) is 6.16. The fourth-order valence-corrected chi connectivity index (χ4v) is 1.58. The summed E-state index contributed by atoms with van der Waals surface area (Å²) in [6.45, 7) is 2.15. The minimum atomic E-state index is -1.03. The maximum atomic E-state index is 13.3. The van der Waals surface area contributed by atoms with E-state index < -0.39 is 11.4 Å². The second-order valence-electron chi connectivity index (χ2n) is 4.78. The van der Waals surface area contributed by atoms with Crippen LogP contribution in [0.2, 0.25) is 0 Å². The van der Waals surface area contributed by atoms with Crippen molar-refractivity contribution in [2.24, 2.45) is 0 Å². The molecule has 1 amide bonds. The van der Waals surface area contributed by atoms with Gasteiger partial charge in [-0.15, -0.1) is 0 Å². The summed E-state index contributed by atoms with van der Waals surface area (Å²) in [5.41, 5.74) is -0.683. The second-order valence-corrected chi connectivity index (χ2v) is 4.78. The quantitative estimate of drug-likeness (QED) is 0.783. The third-order valence-electron chi connectivity index (χ3n) is 2.82. The number of amides is 1. The molecule has 0 aliphatic heterocycles. The summed E-state index contributed by atoms with van der Waals surface area (Å²) >= 11 is 0. The number of ether oxygens (including phenoxy) is 1.